The zero-order chi connectivity index (χ0) is 22.8. The lowest BCUT2D eigenvalue weighted by molar-refractivity contribution is -0.150. The molecule has 32 heavy (non-hydrogen) atoms. The number of carboxylic acid groups (broad SMARTS) is 1. The number of thioether (sulfide) groups is 2. The van der Waals surface area contributed by atoms with Crippen molar-refractivity contribution in [3.63, 3.8) is 0 Å². The van der Waals surface area contributed by atoms with Crippen molar-refractivity contribution in [1.82, 2.24) is 20.4 Å². The molecule has 2 amide bonds. The summed E-state index contributed by atoms with van der Waals surface area (Å²) >= 11 is 4.19. The molecule has 2 aliphatic heterocycles. The van der Waals surface area contributed by atoms with Gasteiger partial charge in [-0.2, -0.15) is 0 Å². The van der Waals surface area contributed by atoms with E-state index in [2.05, 4.69) is 15.5 Å². The number of hydrogen-bond acceptors (Lipinski definition) is 9. The molecule has 1 aromatic carbocycles. The molecule has 2 atom stereocenters. The first-order chi connectivity index (χ1) is 15.3. The molecule has 0 radical (unpaired) electrons. The Morgan fingerprint density at radius 1 is 1.34 bits per heavy atom. The van der Waals surface area contributed by atoms with Crippen LogP contribution < -0.4 is 10.1 Å². The molecule has 3 heterocycles. The minimum atomic E-state index is -1.18. The van der Waals surface area contributed by atoms with Crippen molar-refractivity contribution >= 4 is 52.6 Å². The van der Waals surface area contributed by atoms with Gasteiger partial charge < -0.3 is 15.2 Å². The van der Waals surface area contributed by atoms with E-state index in [9.17, 15) is 23.9 Å². The number of nitrogens with one attached hydrogen (secondary N) is 1. The largest absolute Gasteiger partial charge is 0.484 e. The normalized spacial score (nSPS) is 19.9. The van der Waals surface area contributed by atoms with Crippen LogP contribution in [-0.4, -0.2) is 67.5 Å². The molecule has 2 aliphatic rings. The molecule has 0 aliphatic carbocycles. The predicted octanol–water partition coefficient (Wildman–Crippen LogP) is 1.90. The number of rotatable bonds is 8. The van der Waals surface area contributed by atoms with Gasteiger partial charge in [0.2, 0.25) is 0 Å². The number of carbonyl (C=O) groups is 3. The standard InChI is InChI=1S/C19H17FN4O5S3/c1-9-22-23-19(32-9)31-8-10-7-30-17-14(16(26)24(17)15(10)18(27)28)21-13(25)6-29-12-4-2-11(20)3-5-12/h2-5,14,17H,6-8H2,1H3,(H,21,25)(H,27,28)/t14-,17-/m0/s1. The zero-order valence-corrected chi connectivity index (χ0v) is 19.1. The van der Waals surface area contributed by atoms with Crippen molar-refractivity contribution in [3.8, 4) is 5.75 Å². The first-order valence-electron chi connectivity index (χ1n) is 9.34. The van der Waals surface area contributed by atoms with Gasteiger partial charge in [-0.3, -0.25) is 14.5 Å². The van der Waals surface area contributed by atoms with E-state index in [1.165, 1.54) is 64.0 Å². The van der Waals surface area contributed by atoms with Gasteiger partial charge in [-0.05, 0) is 36.8 Å². The predicted molar refractivity (Wildman–Crippen MR) is 117 cm³/mol. The number of nitrogens with zero attached hydrogens (tertiary/aromatic N) is 3. The van der Waals surface area contributed by atoms with Gasteiger partial charge in [-0.25, -0.2) is 9.18 Å². The fraction of sp³-hybridized carbons (Fsp3) is 0.316. The molecule has 168 valence electrons. The maximum absolute atomic E-state index is 12.9. The van der Waals surface area contributed by atoms with E-state index in [4.69, 9.17) is 4.74 Å². The molecule has 0 spiro atoms. The number of hydrogen-bond donors (Lipinski definition) is 2. The molecule has 1 aromatic heterocycles. The number of halogens is 1. The van der Waals surface area contributed by atoms with Gasteiger partial charge in [0.05, 0.1) is 0 Å². The van der Waals surface area contributed by atoms with E-state index < -0.39 is 35.0 Å². The maximum Gasteiger partial charge on any atom is 0.352 e. The number of carbonyl (C=O) groups excluding carboxylic acids is 2. The van der Waals surface area contributed by atoms with Gasteiger partial charge in [0.15, 0.2) is 10.9 Å². The minimum Gasteiger partial charge on any atom is -0.484 e. The van der Waals surface area contributed by atoms with Crippen molar-refractivity contribution in [2.75, 3.05) is 18.1 Å². The van der Waals surface area contributed by atoms with Crippen LogP contribution in [-0.2, 0) is 14.4 Å². The summed E-state index contributed by atoms with van der Waals surface area (Å²) in [7, 11) is 0. The maximum atomic E-state index is 12.9. The first kappa shape index (κ1) is 22.6. The number of ether oxygens (including phenoxy) is 1. The second-order valence-corrected chi connectivity index (χ2v) is 10.3. The van der Waals surface area contributed by atoms with E-state index in [0.717, 1.165) is 9.35 Å². The Bertz CT molecular complexity index is 1090. The van der Waals surface area contributed by atoms with Crippen molar-refractivity contribution in [3.05, 3.63) is 46.4 Å². The highest BCUT2D eigenvalue weighted by Gasteiger charge is 2.54. The molecule has 0 unspecified atom stereocenters. The Hall–Kier alpha value is -2.64. The molecule has 1 fully saturated rings. The van der Waals surface area contributed by atoms with E-state index in [0.29, 0.717) is 22.8 Å². The summed E-state index contributed by atoms with van der Waals surface area (Å²) in [5, 5.41) is 20.6. The molecule has 0 bridgehead atoms. The minimum absolute atomic E-state index is 0.0412. The number of fused-ring (bicyclic) bond motifs is 1. The fourth-order valence-corrected chi connectivity index (χ4v) is 6.48. The number of carboxylic acids is 1. The second kappa shape index (κ2) is 9.46. The first-order valence-corrected chi connectivity index (χ1v) is 12.2. The van der Waals surface area contributed by atoms with E-state index >= 15 is 0 Å². The number of aliphatic carboxylic acids is 1. The molecule has 2 aromatic rings. The van der Waals surface area contributed by atoms with Crippen molar-refractivity contribution in [2.24, 2.45) is 0 Å². The Morgan fingerprint density at radius 3 is 2.75 bits per heavy atom. The van der Waals surface area contributed by atoms with Gasteiger partial charge >= 0.3 is 5.97 Å². The van der Waals surface area contributed by atoms with Crippen molar-refractivity contribution in [1.29, 1.82) is 0 Å². The van der Waals surface area contributed by atoms with Crippen LogP contribution in [0.4, 0.5) is 4.39 Å². The molecule has 0 saturated carbocycles. The lowest BCUT2D eigenvalue weighted by atomic mass is 10.0. The van der Waals surface area contributed by atoms with Crippen LogP contribution in [0.5, 0.6) is 5.75 Å². The highest BCUT2D eigenvalue weighted by Crippen LogP contribution is 2.41. The average molecular weight is 497 g/mol. The molecule has 9 nitrogen and oxygen atoms in total. The van der Waals surface area contributed by atoms with E-state index in [1.54, 1.807) is 0 Å². The SMILES string of the molecule is Cc1nnc(SCC2=C(C(=O)O)N3C(=O)[C@H](NC(=O)COc4ccc(F)cc4)[C@@H]3SC2)s1. The van der Waals surface area contributed by atoms with Gasteiger partial charge in [0.25, 0.3) is 11.8 Å². The summed E-state index contributed by atoms with van der Waals surface area (Å²) in [6.45, 7) is 1.49. The number of benzene rings is 1. The van der Waals surface area contributed by atoms with Gasteiger partial charge in [-0.15, -0.1) is 22.0 Å². The lowest BCUT2D eigenvalue weighted by Gasteiger charge is -2.49. The number of β-lactam (4-membered cyclic amide) rings is 1. The Kier molecular flexibility index (Phi) is 6.67. The third-order valence-corrected chi connectivity index (χ3v) is 8.03. The Balaban J connectivity index is 1.37. The fourth-order valence-electron chi connectivity index (χ4n) is 3.17. The molecule has 4 rings (SSSR count). The number of aromatic nitrogens is 2. The summed E-state index contributed by atoms with van der Waals surface area (Å²) in [5.74, 6) is -1.50. The van der Waals surface area contributed by atoms with Gasteiger partial charge in [0.1, 0.15) is 33.7 Å². The molecule has 13 heteroatoms. The van der Waals surface area contributed by atoms with Crippen LogP contribution in [0.25, 0.3) is 0 Å². The quantitative estimate of drug-likeness (QED) is 0.417. The highest BCUT2D eigenvalue weighted by atomic mass is 32.2. The topological polar surface area (TPSA) is 122 Å². The average Bonchev–Trinajstić information content (AvgIpc) is 3.19. The number of aryl methyl sites for hydroxylation is 1. The van der Waals surface area contributed by atoms with Crippen LogP contribution in [0.15, 0.2) is 39.9 Å². The summed E-state index contributed by atoms with van der Waals surface area (Å²) in [5.41, 5.74) is 0.579. The molecule has 2 N–H and O–H groups in total. The third-order valence-electron chi connectivity index (χ3n) is 4.63. The van der Waals surface area contributed by atoms with E-state index in [1.807, 2.05) is 6.92 Å². The van der Waals surface area contributed by atoms with Crippen LogP contribution >= 0.6 is 34.9 Å². The highest BCUT2D eigenvalue weighted by molar-refractivity contribution is 8.01. The summed E-state index contributed by atoms with van der Waals surface area (Å²) < 4.78 is 19.0. The third kappa shape index (κ3) is 4.74. The van der Waals surface area contributed by atoms with E-state index in [-0.39, 0.29) is 12.3 Å². The zero-order valence-electron chi connectivity index (χ0n) is 16.6. The summed E-state index contributed by atoms with van der Waals surface area (Å²) in [6.07, 6.45) is 0. The molecular weight excluding hydrogens is 479 g/mol. The van der Waals surface area contributed by atoms with Crippen LogP contribution in [0, 0.1) is 12.7 Å². The van der Waals surface area contributed by atoms with Crippen LogP contribution in [0.1, 0.15) is 5.01 Å². The lowest BCUT2D eigenvalue weighted by Crippen LogP contribution is -2.70. The molecular formula is C19H17FN4O5S3. The Morgan fingerprint density at radius 2 is 2.09 bits per heavy atom. The van der Waals surface area contributed by atoms with Crippen molar-refractivity contribution in [2.45, 2.75) is 22.7 Å². The number of amides is 2. The molecule has 1 saturated heterocycles. The van der Waals surface area contributed by atoms with Gasteiger partial charge in [0, 0.05) is 11.5 Å². The van der Waals surface area contributed by atoms with Crippen LogP contribution in [0.2, 0.25) is 0 Å². The smallest absolute Gasteiger partial charge is 0.352 e. The second-order valence-electron chi connectivity index (χ2n) is 6.83. The van der Waals surface area contributed by atoms with Crippen LogP contribution in [0.3, 0.4) is 0 Å². The Labute approximate surface area is 194 Å². The van der Waals surface area contributed by atoms with Gasteiger partial charge in [-0.1, -0.05) is 23.1 Å². The monoisotopic (exact) mass is 496 g/mol. The summed E-state index contributed by atoms with van der Waals surface area (Å²) in [6, 6.07) is 4.37. The summed E-state index contributed by atoms with van der Waals surface area (Å²) in [4.78, 5) is 38.0. The van der Waals surface area contributed by atoms with Crippen molar-refractivity contribution < 1.29 is 28.6 Å².